The number of anilines is 2. The Morgan fingerprint density at radius 1 is 1.06 bits per heavy atom. The molecule has 1 aromatic heterocycles. The zero-order valence-corrected chi connectivity index (χ0v) is 18.7. The summed E-state index contributed by atoms with van der Waals surface area (Å²) >= 11 is 0. The van der Waals surface area contributed by atoms with E-state index in [-0.39, 0.29) is 6.04 Å². The molecule has 0 spiro atoms. The topological polar surface area (TPSA) is 78.9 Å². The lowest BCUT2D eigenvalue weighted by Gasteiger charge is -2.20. The molecule has 1 aromatic carbocycles. The summed E-state index contributed by atoms with van der Waals surface area (Å²) in [5, 5.41) is 15.6. The second kappa shape index (κ2) is 8.71. The first-order chi connectivity index (χ1) is 16.1. The summed E-state index contributed by atoms with van der Waals surface area (Å²) in [4.78, 5) is 14.1. The van der Waals surface area contributed by atoms with E-state index in [9.17, 15) is 5.26 Å². The summed E-state index contributed by atoms with van der Waals surface area (Å²) in [6.07, 6.45) is 9.70. The summed E-state index contributed by atoms with van der Waals surface area (Å²) in [6.45, 7) is 4.12. The molecule has 0 fully saturated rings. The average Bonchev–Trinajstić information content (AvgIpc) is 2.83. The molecule has 0 radical (unpaired) electrons. The number of benzene rings is 2. The highest BCUT2D eigenvalue weighted by Gasteiger charge is 2.16. The molecule has 0 unspecified atom stereocenters. The van der Waals surface area contributed by atoms with Crippen molar-refractivity contribution in [3.63, 3.8) is 0 Å². The molecule has 2 heterocycles. The summed E-state index contributed by atoms with van der Waals surface area (Å²) in [6, 6.07) is 18.5. The van der Waals surface area contributed by atoms with Gasteiger partial charge in [0.2, 0.25) is 0 Å². The normalized spacial score (nSPS) is 13.2. The van der Waals surface area contributed by atoms with Crippen LogP contribution >= 0.6 is 0 Å². The average molecular weight is 433 g/mol. The van der Waals surface area contributed by atoms with E-state index in [1.165, 1.54) is 0 Å². The Labute approximate surface area is 192 Å². The Morgan fingerprint density at radius 2 is 1.88 bits per heavy atom. The monoisotopic (exact) mass is 432 g/mol. The summed E-state index contributed by atoms with van der Waals surface area (Å²) < 4.78 is 2.27. The van der Waals surface area contributed by atoms with Crippen molar-refractivity contribution in [2.75, 3.05) is 5.32 Å². The molecule has 162 valence electrons. The smallest absolute Gasteiger partial charge is 0.101 e. The van der Waals surface area contributed by atoms with Crippen LogP contribution in [0.5, 0.6) is 0 Å². The molecule has 3 aliphatic rings. The maximum Gasteiger partial charge on any atom is 0.101 e. The van der Waals surface area contributed by atoms with Crippen LogP contribution in [-0.4, -0.2) is 20.6 Å². The predicted molar refractivity (Wildman–Crippen MR) is 131 cm³/mol. The molecule has 33 heavy (non-hydrogen) atoms. The van der Waals surface area contributed by atoms with Crippen molar-refractivity contribution < 1.29 is 0 Å². The Balaban J connectivity index is 1.80. The first-order valence-corrected chi connectivity index (χ1v) is 11.1. The number of rotatable bonds is 4. The maximum absolute atomic E-state index is 9.24. The highest BCUT2D eigenvalue weighted by atomic mass is 15.0. The fourth-order valence-electron chi connectivity index (χ4n) is 4.12. The number of nitrogens with one attached hydrogen (secondary N) is 1. The minimum atomic E-state index is 0.113. The molecule has 2 aromatic rings. The zero-order chi connectivity index (χ0) is 22.8. The first kappa shape index (κ1) is 20.7. The van der Waals surface area contributed by atoms with Crippen molar-refractivity contribution in [1.29, 1.82) is 5.26 Å². The van der Waals surface area contributed by atoms with E-state index < -0.39 is 0 Å². The second-order valence-corrected chi connectivity index (χ2v) is 8.32. The van der Waals surface area contributed by atoms with Crippen LogP contribution in [0.2, 0.25) is 0 Å². The minimum Gasteiger partial charge on any atom is -0.352 e. The fraction of sp³-hybridized carbons (Fsp3) is 0.185. The van der Waals surface area contributed by atoms with Crippen LogP contribution in [0, 0.1) is 11.3 Å². The summed E-state index contributed by atoms with van der Waals surface area (Å²) in [5.41, 5.74) is 5.04. The van der Waals surface area contributed by atoms with Gasteiger partial charge in [0.05, 0.1) is 50.6 Å². The summed E-state index contributed by atoms with van der Waals surface area (Å²) in [7, 11) is 0. The van der Waals surface area contributed by atoms with Crippen molar-refractivity contribution in [3.8, 4) is 23.1 Å². The number of hydrogen-bond acceptors (Lipinski definition) is 5. The molecular formula is C27H24N6. The van der Waals surface area contributed by atoms with E-state index in [1.54, 1.807) is 18.5 Å². The number of fused-ring (bicyclic) bond motifs is 2. The predicted octanol–water partition coefficient (Wildman–Crippen LogP) is 3.65. The van der Waals surface area contributed by atoms with Crippen LogP contribution in [0.1, 0.15) is 32.3 Å². The van der Waals surface area contributed by atoms with Gasteiger partial charge in [-0.25, -0.2) is 4.98 Å². The van der Waals surface area contributed by atoms with E-state index in [4.69, 9.17) is 9.98 Å². The van der Waals surface area contributed by atoms with Crippen molar-refractivity contribution in [2.45, 2.75) is 32.7 Å². The lowest BCUT2D eigenvalue weighted by atomic mass is 10.1. The molecule has 6 heteroatoms. The largest absolute Gasteiger partial charge is 0.352 e. The van der Waals surface area contributed by atoms with Gasteiger partial charge in [0, 0.05) is 17.9 Å². The second-order valence-electron chi connectivity index (χ2n) is 8.32. The van der Waals surface area contributed by atoms with E-state index in [0.717, 1.165) is 57.3 Å². The molecule has 0 saturated carbocycles. The number of pyridine rings is 1. The van der Waals surface area contributed by atoms with E-state index in [0.29, 0.717) is 5.56 Å². The number of para-hydroxylation sites is 1. The molecule has 1 aliphatic heterocycles. The number of hydrogen-bond donors (Lipinski definition) is 1. The Kier molecular flexibility index (Phi) is 5.45. The molecular weight excluding hydrogens is 408 g/mol. The number of nitrogens with zero attached hydrogens (tertiary/aromatic N) is 5. The Hall–Kier alpha value is -4.24. The van der Waals surface area contributed by atoms with Gasteiger partial charge in [-0.2, -0.15) is 5.26 Å². The van der Waals surface area contributed by atoms with Crippen molar-refractivity contribution in [1.82, 2.24) is 14.5 Å². The van der Waals surface area contributed by atoms with Crippen LogP contribution in [0.15, 0.2) is 65.9 Å². The zero-order valence-electron chi connectivity index (χ0n) is 18.7. The van der Waals surface area contributed by atoms with E-state index in [2.05, 4.69) is 77.3 Å². The lowest BCUT2D eigenvalue weighted by Crippen LogP contribution is -2.40. The third-order valence-electron chi connectivity index (χ3n) is 5.48. The standard InChI is InChI=1S/C27H24N6/c1-18(2)30-24-14-27-25(13-23(24)31-20-12-19(15-28)16-29-17-20)32-22-10-6-7-11-26(22)33(27)21-8-4-3-5-9-21/h3-5,8-14,16-18,31H,6-7H2,1-2H3. The van der Waals surface area contributed by atoms with Gasteiger partial charge in [-0.3, -0.25) is 9.98 Å². The van der Waals surface area contributed by atoms with Gasteiger partial charge in [0.15, 0.2) is 0 Å². The summed E-state index contributed by atoms with van der Waals surface area (Å²) in [5.74, 6) is 0. The maximum atomic E-state index is 9.24. The van der Waals surface area contributed by atoms with Crippen LogP contribution in [0.25, 0.3) is 29.2 Å². The van der Waals surface area contributed by atoms with Gasteiger partial charge in [-0.05, 0) is 57.0 Å². The lowest BCUT2D eigenvalue weighted by molar-refractivity contribution is 0.805. The van der Waals surface area contributed by atoms with Gasteiger partial charge >= 0.3 is 0 Å². The van der Waals surface area contributed by atoms with E-state index >= 15 is 0 Å². The van der Waals surface area contributed by atoms with Gasteiger partial charge in [-0.15, -0.1) is 0 Å². The molecule has 5 rings (SSSR count). The third-order valence-corrected chi connectivity index (χ3v) is 5.48. The van der Waals surface area contributed by atoms with Crippen LogP contribution in [0.4, 0.5) is 11.4 Å². The van der Waals surface area contributed by atoms with Crippen molar-refractivity contribution >= 4 is 23.5 Å². The third kappa shape index (κ3) is 4.13. The molecule has 0 amide bonds. The SMILES string of the molecule is CC(C)N=c1cc2n(-c3ccccc3)c3c(nc-2cc1Nc1cncc(C#N)c1)=CCCC=3. The van der Waals surface area contributed by atoms with E-state index in [1.807, 2.05) is 12.1 Å². The molecule has 2 aliphatic carbocycles. The van der Waals surface area contributed by atoms with Crippen LogP contribution in [0.3, 0.4) is 0 Å². The van der Waals surface area contributed by atoms with Gasteiger partial charge in [0.1, 0.15) is 6.07 Å². The molecule has 0 saturated heterocycles. The quantitative estimate of drug-likeness (QED) is 0.534. The van der Waals surface area contributed by atoms with Gasteiger partial charge in [0.25, 0.3) is 0 Å². The number of nitriles is 1. The Bertz CT molecular complexity index is 1520. The van der Waals surface area contributed by atoms with Gasteiger partial charge < -0.3 is 9.88 Å². The minimum absolute atomic E-state index is 0.113. The molecule has 0 bridgehead atoms. The first-order valence-electron chi connectivity index (χ1n) is 11.1. The van der Waals surface area contributed by atoms with Gasteiger partial charge in [-0.1, -0.05) is 30.4 Å². The number of aromatic nitrogens is 3. The molecule has 6 nitrogen and oxygen atoms in total. The fourth-order valence-corrected chi connectivity index (χ4v) is 4.12. The highest BCUT2D eigenvalue weighted by Crippen LogP contribution is 2.24. The molecule has 0 atom stereocenters. The van der Waals surface area contributed by atoms with Crippen molar-refractivity contribution in [3.05, 3.63) is 82.5 Å². The highest BCUT2D eigenvalue weighted by molar-refractivity contribution is 5.70. The van der Waals surface area contributed by atoms with Crippen LogP contribution < -0.4 is 21.4 Å². The Morgan fingerprint density at radius 3 is 2.67 bits per heavy atom. The van der Waals surface area contributed by atoms with Crippen LogP contribution in [-0.2, 0) is 0 Å². The molecule has 1 N–H and O–H groups in total. The van der Waals surface area contributed by atoms with Crippen molar-refractivity contribution in [2.24, 2.45) is 4.99 Å².